The summed E-state index contributed by atoms with van der Waals surface area (Å²) in [4.78, 5) is 55.5. The number of hydrogen-bond acceptors (Lipinski definition) is 7. The molecule has 0 aromatic heterocycles. The SMILES string of the molecule is C=C(C)C(CCC(=O)CC)N1C(=O)c2ccc(OCCN3CC4(C3)CN(C(=O)OC(C)(C)C)C4)cc2C1=O. The molecule has 1 spiro atoms. The molecule has 0 N–H and O–H groups in total. The molecule has 0 bridgehead atoms. The summed E-state index contributed by atoms with van der Waals surface area (Å²) in [6, 6.07) is 4.46. The van der Waals surface area contributed by atoms with Gasteiger partial charge >= 0.3 is 6.09 Å². The monoisotopic (exact) mass is 525 g/mol. The van der Waals surface area contributed by atoms with Crippen LogP contribution in [0.5, 0.6) is 5.75 Å². The minimum absolute atomic E-state index is 0.0920. The maximum atomic E-state index is 13.2. The summed E-state index contributed by atoms with van der Waals surface area (Å²) in [5.74, 6) is -0.110. The fourth-order valence-corrected chi connectivity index (χ4v) is 5.45. The first-order chi connectivity index (χ1) is 17.8. The van der Waals surface area contributed by atoms with Crippen LogP contribution < -0.4 is 4.74 Å². The number of nitrogens with zero attached hydrogens (tertiary/aromatic N) is 3. The molecule has 2 saturated heterocycles. The Labute approximate surface area is 224 Å². The van der Waals surface area contributed by atoms with Gasteiger partial charge in [0, 0.05) is 51.0 Å². The van der Waals surface area contributed by atoms with Gasteiger partial charge in [0.2, 0.25) is 0 Å². The van der Waals surface area contributed by atoms with Gasteiger partial charge in [0.1, 0.15) is 23.7 Å². The third-order valence-electron chi connectivity index (χ3n) is 7.36. The zero-order valence-electron chi connectivity index (χ0n) is 23.2. The number of amides is 3. The van der Waals surface area contributed by atoms with Gasteiger partial charge < -0.3 is 14.4 Å². The number of rotatable bonds is 10. The van der Waals surface area contributed by atoms with E-state index in [4.69, 9.17) is 9.47 Å². The van der Waals surface area contributed by atoms with Crippen molar-refractivity contribution in [2.45, 2.75) is 65.5 Å². The van der Waals surface area contributed by atoms with E-state index in [1.54, 1.807) is 36.9 Å². The van der Waals surface area contributed by atoms with Gasteiger partial charge in [0.15, 0.2) is 0 Å². The van der Waals surface area contributed by atoms with Crippen molar-refractivity contribution in [2.75, 3.05) is 39.3 Å². The van der Waals surface area contributed by atoms with Gasteiger partial charge in [0.25, 0.3) is 11.8 Å². The first kappa shape index (κ1) is 27.8. The Kier molecular flexibility index (Phi) is 7.70. The maximum Gasteiger partial charge on any atom is 0.410 e. The fourth-order valence-electron chi connectivity index (χ4n) is 5.45. The third kappa shape index (κ3) is 5.77. The van der Waals surface area contributed by atoms with Crippen molar-refractivity contribution in [3.8, 4) is 5.75 Å². The Balaban J connectivity index is 1.26. The van der Waals surface area contributed by atoms with E-state index in [0.29, 0.717) is 61.4 Å². The molecule has 1 unspecified atom stereocenters. The van der Waals surface area contributed by atoms with Crippen LogP contribution in [0, 0.1) is 5.41 Å². The van der Waals surface area contributed by atoms with Crippen molar-refractivity contribution in [2.24, 2.45) is 5.41 Å². The average molecular weight is 526 g/mol. The van der Waals surface area contributed by atoms with E-state index in [0.717, 1.165) is 19.6 Å². The van der Waals surface area contributed by atoms with Crippen LogP contribution in [-0.2, 0) is 9.53 Å². The normalized spacial score (nSPS) is 19.1. The minimum Gasteiger partial charge on any atom is -0.492 e. The summed E-state index contributed by atoms with van der Waals surface area (Å²) in [7, 11) is 0. The van der Waals surface area contributed by atoms with Crippen LogP contribution in [0.4, 0.5) is 4.79 Å². The molecule has 3 aliphatic rings. The van der Waals surface area contributed by atoms with Gasteiger partial charge in [-0.3, -0.25) is 24.2 Å². The predicted octanol–water partition coefficient (Wildman–Crippen LogP) is 3.92. The molecule has 3 aliphatic heterocycles. The summed E-state index contributed by atoms with van der Waals surface area (Å²) >= 11 is 0. The van der Waals surface area contributed by atoms with Crippen LogP contribution in [0.15, 0.2) is 30.4 Å². The van der Waals surface area contributed by atoms with Crippen LogP contribution in [0.3, 0.4) is 0 Å². The Bertz CT molecular complexity index is 1140. The van der Waals surface area contributed by atoms with Gasteiger partial charge in [-0.1, -0.05) is 19.1 Å². The molecule has 38 heavy (non-hydrogen) atoms. The average Bonchev–Trinajstić information content (AvgIpc) is 3.02. The second-order valence-electron chi connectivity index (χ2n) is 11.9. The predicted molar refractivity (Wildman–Crippen MR) is 142 cm³/mol. The standard InChI is InChI=1S/C29H39N3O6/c1-7-20(33)8-11-24(19(2)3)32-25(34)22-10-9-21(14-23(22)26(32)35)37-13-12-30-15-29(16-30)17-31(18-29)27(36)38-28(4,5)6/h9-10,14,24H,2,7-8,11-13,15-18H2,1,3-6H3. The van der Waals surface area contributed by atoms with Crippen molar-refractivity contribution in [1.82, 2.24) is 14.7 Å². The Hall–Kier alpha value is -3.20. The van der Waals surface area contributed by atoms with E-state index in [1.807, 2.05) is 20.8 Å². The zero-order valence-corrected chi connectivity index (χ0v) is 23.2. The highest BCUT2D eigenvalue weighted by Crippen LogP contribution is 2.40. The molecule has 2 fully saturated rings. The Morgan fingerprint density at radius 2 is 1.74 bits per heavy atom. The molecule has 206 valence electrons. The van der Waals surface area contributed by atoms with Gasteiger partial charge in [-0.05, 0) is 52.3 Å². The summed E-state index contributed by atoms with van der Waals surface area (Å²) in [6.45, 7) is 17.6. The zero-order chi connectivity index (χ0) is 27.8. The number of imide groups is 1. The molecule has 4 rings (SSSR count). The van der Waals surface area contributed by atoms with Gasteiger partial charge in [0.05, 0.1) is 17.2 Å². The maximum absolute atomic E-state index is 13.2. The number of carbonyl (C=O) groups is 4. The lowest BCUT2D eigenvalue weighted by Crippen LogP contribution is -2.73. The summed E-state index contributed by atoms with van der Waals surface area (Å²) in [6.07, 6.45) is 0.850. The van der Waals surface area contributed by atoms with Crippen LogP contribution >= 0.6 is 0 Å². The molecule has 9 heteroatoms. The van der Waals surface area contributed by atoms with Gasteiger partial charge in [-0.2, -0.15) is 0 Å². The molecule has 3 amide bonds. The van der Waals surface area contributed by atoms with E-state index in [1.165, 1.54) is 4.90 Å². The van der Waals surface area contributed by atoms with E-state index in [2.05, 4.69) is 11.5 Å². The largest absolute Gasteiger partial charge is 0.492 e. The summed E-state index contributed by atoms with van der Waals surface area (Å²) < 4.78 is 11.4. The summed E-state index contributed by atoms with van der Waals surface area (Å²) in [5, 5.41) is 0. The van der Waals surface area contributed by atoms with Crippen LogP contribution in [0.2, 0.25) is 0 Å². The van der Waals surface area contributed by atoms with Crippen molar-refractivity contribution in [1.29, 1.82) is 0 Å². The number of carbonyl (C=O) groups excluding carboxylic acids is 4. The van der Waals surface area contributed by atoms with E-state index >= 15 is 0 Å². The molecule has 1 atom stereocenters. The number of ketones is 1. The molecule has 1 aromatic rings. The van der Waals surface area contributed by atoms with Crippen molar-refractivity contribution < 1.29 is 28.7 Å². The van der Waals surface area contributed by atoms with Crippen molar-refractivity contribution in [3.05, 3.63) is 41.5 Å². The first-order valence-electron chi connectivity index (χ1n) is 13.3. The second kappa shape index (κ2) is 10.5. The number of Topliss-reactive ketones (excluding diaryl/α,β-unsaturated/α-hetero) is 1. The number of benzene rings is 1. The minimum atomic E-state index is -0.515. The Morgan fingerprint density at radius 1 is 1.08 bits per heavy atom. The van der Waals surface area contributed by atoms with Gasteiger partial charge in [-0.25, -0.2) is 4.79 Å². The number of hydrogen-bond donors (Lipinski definition) is 0. The molecule has 0 radical (unpaired) electrons. The lowest BCUT2D eigenvalue weighted by atomic mass is 9.73. The number of likely N-dealkylation sites (tertiary alicyclic amines) is 2. The molecule has 3 heterocycles. The molecular formula is C29H39N3O6. The quantitative estimate of drug-likeness (QED) is 0.337. The topological polar surface area (TPSA) is 96.5 Å². The second-order valence-corrected chi connectivity index (χ2v) is 11.9. The molecule has 1 aromatic carbocycles. The summed E-state index contributed by atoms with van der Waals surface area (Å²) in [5.41, 5.74) is 1.01. The molecule has 0 saturated carbocycles. The smallest absolute Gasteiger partial charge is 0.410 e. The van der Waals surface area contributed by atoms with Crippen LogP contribution in [-0.4, -0.2) is 89.4 Å². The third-order valence-corrected chi connectivity index (χ3v) is 7.36. The van der Waals surface area contributed by atoms with Crippen LogP contribution in [0.1, 0.15) is 74.6 Å². The number of fused-ring (bicyclic) bond motifs is 1. The Morgan fingerprint density at radius 3 is 2.34 bits per heavy atom. The van der Waals surface area contributed by atoms with Crippen LogP contribution in [0.25, 0.3) is 0 Å². The lowest BCUT2D eigenvalue weighted by Gasteiger charge is -2.59. The van der Waals surface area contributed by atoms with Gasteiger partial charge in [-0.15, -0.1) is 0 Å². The highest BCUT2D eigenvalue weighted by molar-refractivity contribution is 6.22. The highest BCUT2D eigenvalue weighted by Gasteiger charge is 2.53. The molecular weight excluding hydrogens is 486 g/mol. The molecule has 0 aliphatic carbocycles. The van der Waals surface area contributed by atoms with Crippen molar-refractivity contribution >= 4 is 23.7 Å². The number of ether oxygens (including phenoxy) is 2. The van der Waals surface area contributed by atoms with E-state index < -0.39 is 11.6 Å². The lowest BCUT2D eigenvalue weighted by molar-refractivity contribution is -0.119. The van der Waals surface area contributed by atoms with E-state index in [-0.39, 0.29) is 29.1 Å². The fraction of sp³-hybridized carbons (Fsp3) is 0.586. The highest BCUT2D eigenvalue weighted by atomic mass is 16.6. The van der Waals surface area contributed by atoms with E-state index in [9.17, 15) is 19.2 Å². The molecule has 9 nitrogen and oxygen atoms in total. The van der Waals surface area contributed by atoms with Crippen molar-refractivity contribution in [3.63, 3.8) is 0 Å². The first-order valence-corrected chi connectivity index (χ1v) is 13.3.